The minimum Gasteiger partial charge on any atom is -0.465 e. The monoisotopic (exact) mass is 364 g/mol. The fourth-order valence-corrected chi connectivity index (χ4v) is 2.31. The largest absolute Gasteiger partial charge is 0.465 e. The molecule has 0 bridgehead atoms. The fourth-order valence-electron chi connectivity index (χ4n) is 2.31. The van der Waals surface area contributed by atoms with E-state index in [2.05, 4.69) is 9.97 Å². The summed E-state index contributed by atoms with van der Waals surface area (Å²) in [5.41, 5.74) is 7.53. The molecule has 2 heterocycles. The van der Waals surface area contributed by atoms with Gasteiger partial charge in [-0.2, -0.15) is 0 Å². The summed E-state index contributed by atoms with van der Waals surface area (Å²) < 4.78 is 5.83. The Balaban J connectivity index is 1.95. The molecular formula is C19H16N4O4. The number of hydrogen-bond acceptors (Lipinski definition) is 6. The number of benzene rings is 1. The van der Waals surface area contributed by atoms with Gasteiger partial charge >= 0.3 is 6.09 Å². The van der Waals surface area contributed by atoms with Gasteiger partial charge in [-0.05, 0) is 54.1 Å². The maximum absolute atomic E-state index is 12.2. The van der Waals surface area contributed by atoms with Crippen molar-refractivity contribution >= 4 is 17.7 Å². The standard InChI is InChI=1S/C19H16N4O4/c1-23(19(25)26)18(24)16-11-12(8-10-21-16)15-3-2-9-22-17(15)27-14-6-4-13(20)5-7-14/h2-11H,20H2,1H3,(H,25,26). The maximum Gasteiger partial charge on any atom is 0.414 e. The summed E-state index contributed by atoms with van der Waals surface area (Å²) in [6, 6.07) is 13.6. The predicted octanol–water partition coefficient (Wildman–Crippen LogP) is 3.27. The first-order valence-corrected chi connectivity index (χ1v) is 7.91. The van der Waals surface area contributed by atoms with Gasteiger partial charge in [0, 0.05) is 30.7 Å². The smallest absolute Gasteiger partial charge is 0.414 e. The lowest BCUT2D eigenvalue weighted by atomic mass is 10.1. The highest BCUT2D eigenvalue weighted by Gasteiger charge is 2.20. The number of carbonyl (C=O) groups is 2. The van der Waals surface area contributed by atoms with Gasteiger partial charge in [-0.25, -0.2) is 14.7 Å². The molecular weight excluding hydrogens is 348 g/mol. The minimum absolute atomic E-state index is 0.000289. The van der Waals surface area contributed by atoms with E-state index >= 15 is 0 Å². The number of imide groups is 1. The molecule has 0 unspecified atom stereocenters. The zero-order valence-corrected chi connectivity index (χ0v) is 14.4. The van der Waals surface area contributed by atoms with E-state index in [1.807, 2.05) is 0 Å². The van der Waals surface area contributed by atoms with Crippen LogP contribution in [0.4, 0.5) is 10.5 Å². The fraction of sp³-hybridized carbons (Fsp3) is 0.0526. The second kappa shape index (κ2) is 7.52. The quantitative estimate of drug-likeness (QED) is 0.682. The first-order valence-electron chi connectivity index (χ1n) is 7.91. The molecule has 3 aromatic rings. The van der Waals surface area contributed by atoms with Crippen LogP contribution < -0.4 is 10.5 Å². The van der Waals surface area contributed by atoms with Crippen molar-refractivity contribution in [1.29, 1.82) is 0 Å². The molecule has 8 nitrogen and oxygen atoms in total. The van der Waals surface area contributed by atoms with Gasteiger partial charge in [-0.15, -0.1) is 0 Å². The van der Waals surface area contributed by atoms with Crippen molar-refractivity contribution in [2.75, 3.05) is 12.8 Å². The molecule has 2 amide bonds. The van der Waals surface area contributed by atoms with Crippen LogP contribution in [0.5, 0.6) is 11.6 Å². The highest BCUT2D eigenvalue weighted by molar-refractivity contribution is 6.01. The highest BCUT2D eigenvalue weighted by Crippen LogP contribution is 2.31. The second-order valence-corrected chi connectivity index (χ2v) is 5.60. The van der Waals surface area contributed by atoms with Crippen LogP contribution in [0.15, 0.2) is 60.9 Å². The van der Waals surface area contributed by atoms with Gasteiger partial charge in [0.2, 0.25) is 5.88 Å². The zero-order chi connectivity index (χ0) is 19.4. The lowest BCUT2D eigenvalue weighted by Crippen LogP contribution is -2.32. The van der Waals surface area contributed by atoms with Crippen molar-refractivity contribution in [2.24, 2.45) is 0 Å². The molecule has 27 heavy (non-hydrogen) atoms. The van der Waals surface area contributed by atoms with Crippen molar-refractivity contribution in [3.05, 3.63) is 66.6 Å². The summed E-state index contributed by atoms with van der Waals surface area (Å²) in [4.78, 5) is 32.0. The van der Waals surface area contributed by atoms with Crippen molar-refractivity contribution in [3.8, 4) is 22.8 Å². The van der Waals surface area contributed by atoms with Crippen LogP contribution in [-0.2, 0) is 0 Å². The van der Waals surface area contributed by atoms with E-state index in [9.17, 15) is 9.59 Å². The van der Waals surface area contributed by atoms with E-state index in [1.54, 1.807) is 48.7 Å². The molecule has 0 aliphatic heterocycles. The number of aromatic nitrogens is 2. The molecule has 0 spiro atoms. The Hall–Kier alpha value is -3.94. The number of pyridine rings is 2. The summed E-state index contributed by atoms with van der Waals surface area (Å²) in [5, 5.41) is 8.97. The van der Waals surface area contributed by atoms with Crippen molar-refractivity contribution < 1.29 is 19.4 Å². The summed E-state index contributed by atoms with van der Waals surface area (Å²) in [6.07, 6.45) is 1.65. The Morgan fingerprint density at radius 3 is 2.52 bits per heavy atom. The predicted molar refractivity (Wildman–Crippen MR) is 98.5 cm³/mol. The average Bonchev–Trinajstić information content (AvgIpc) is 2.69. The van der Waals surface area contributed by atoms with Crippen LogP contribution in [0.25, 0.3) is 11.1 Å². The van der Waals surface area contributed by atoms with E-state index in [-0.39, 0.29) is 5.69 Å². The number of carbonyl (C=O) groups excluding carboxylic acids is 1. The molecule has 0 aliphatic carbocycles. The lowest BCUT2D eigenvalue weighted by molar-refractivity contribution is 0.0776. The summed E-state index contributed by atoms with van der Waals surface area (Å²) in [5.74, 6) is 0.160. The average molecular weight is 364 g/mol. The van der Waals surface area contributed by atoms with E-state index in [1.165, 1.54) is 19.3 Å². The van der Waals surface area contributed by atoms with Crippen LogP contribution in [0, 0.1) is 0 Å². The van der Waals surface area contributed by atoms with Gasteiger partial charge in [0.15, 0.2) is 0 Å². The van der Waals surface area contributed by atoms with Crippen molar-refractivity contribution in [3.63, 3.8) is 0 Å². The van der Waals surface area contributed by atoms with Crippen LogP contribution in [-0.4, -0.2) is 39.0 Å². The number of ether oxygens (including phenoxy) is 1. The number of amides is 2. The van der Waals surface area contributed by atoms with E-state index in [4.69, 9.17) is 15.6 Å². The number of nitrogens with two attached hydrogens (primary N) is 1. The molecule has 1 aromatic carbocycles. The van der Waals surface area contributed by atoms with Crippen LogP contribution in [0.2, 0.25) is 0 Å². The van der Waals surface area contributed by atoms with Gasteiger partial charge < -0.3 is 15.6 Å². The summed E-state index contributed by atoms with van der Waals surface area (Å²) in [7, 11) is 1.17. The number of anilines is 1. The maximum atomic E-state index is 12.2. The second-order valence-electron chi connectivity index (χ2n) is 5.60. The molecule has 0 aliphatic rings. The number of nitrogens with zero attached hydrogens (tertiary/aromatic N) is 3. The Kier molecular flexibility index (Phi) is 4.98. The third kappa shape index (κ3) is 4.01. The SMILES string of the molecule is CN(C(=O)O)C(=O)c1cc(-c2cccnc2Oc2ccc(N)cc2)ccn1. The Bertz CT molecular complexity index is 989. The van der Waals surface area contributed by atoms with Crippen molar-refractivity contribution in [2.45, 2.75) is 0 Å². The van der Waals surface area contributed by atoms with Gasteiger partial charge in [0.25, 0.3) is 5.91 Å². The van der Waals surface area contributed by atoms with E-state index in [0.29, 0.717) is 33.3 Å². The van der Waals surface area contributed by atoms with Crippen molar-refractivity contribution in [1.82, 2.24) is 14.9 Å². The topological polar surface area (TPSA) is 119 Å². The number of rotatable bonds is 4. The van der Waals surface area contributed by atoms with Crippen LogP contribution >= 0.6 is 0 Å². The van der Waals surface area contributed by atoms with Gasteiger partial charge in [0.05, 0.1) is 0 Å². The van der Waals surface area contributed by atoms with Gasteiger partial charge in [-0.3, -0.25) is 9.78 Å². The molecule has 3 rings (SSSR count). The molecule has 0 radical (unpaired) electrons. The third-order valence-corrected chi connectivity index (χ3v) is 3.75. The zero-order valence-electron chi connectivity index (χ0n) is 14.4. The van der Waals surface area contributed by atoms with E-state index < -0.39 is 12.0 Å². The first-order chi connectivity index (χ1) is 13.0. The molecule has 136 valence electrons. The van der Waals surface area contributed by atoms with Gasteiger partial charge in [-0.1, -0.05) is 0 Å². The summed E-state index contributed by atoms with van der Waals surface area (Å²) >= 11 is 0. The van der Waals surface area contributed by atoms with Crippen LogP contribution in [0.3, 0.4) is 0 Å². The molecule has 0 fully saturated rings. The Morgan fingerprint density at radius 2 is 1.81 bits per heavy atom. The molecule has 0 saturated carbocycles. The molecule has 3 N–H and O–H groups in total. The first kappa shape index (κ1) is 17.9. The van der Waals surface area contributed by atoms with E-state index in [0.717, 1.165) is 0 Å². The van der Waals surface area contributed by atoms with Crippen LogP contribution in [0.1, 0.15) is 10.5 Å². The number of hydrogen-bond donors (Lipinski definition) is 2. The Morgan fingerprint density at radius 1 is 1.07 bits per heavy atom. The number of nitrogen functional groups attached to an aromatic ring is 1. The minimum atomic E-state index is -1.36. The Labute approximate surface area is 154 Å². The molecule has 2 aromatic heterocycles. The normalized spacial score (nSPS) is 10.3. The van der Waals surface area contributed by atoms with Gasteiger partial charge in [0.1, 0.15) is 11.4 Å². The lowest BCUT2D eigenvalue weighted by Gasteiger charge is -2.13. The molecule has 0 saturated heterocycles. The summed E-state index contributed by atoms with van der Waals surface area (Å²) in [6.45, 7) is 0. The number of carboxylic acid groups (broad SMARTS) is 1. The molecule has 8 heteroatoms. The third-order valence-electron chi connectivity index (χ3n) is 3.75. The molecule has 0 atom stereocenters. The highest BCUT2D eigenvalue weighted by atomic mass is 16.5.